The molecule has 5 nitrogen and oxygen atoms in total. The number of nitriles is 1. The van der Waals surface area contributed by atoms with Gasteiger partial charge in [0.05, 0.1) is 12.3 Å². The molecular weight excluding hydrogens is 295 g/mol. The molecule has 0 radical (unpaired) electrons. The summed E-state index contributed by atoms with van der Waals surface area (Å²) in [6.07, 6.45) is -0.137. The van der Waals surface area contributed by atoms with Gasteiger partial charge in [-0.05, 0) is 43.8 Å². The van der Waals surface area contributed by atoms with E-state index in [1.807, 2.05) is 26.0 Å². The maximum absolute atomic E-state index is 12.5. The van der Waals surface area contributed by atoms with E-state index >= 15 is 0 Å². The van der Waals surface area contributed by atoms with E-state index in [4.69, 9.17) is 9.05 Å². The maximum atomic E-state index is 12.5. The highest BCUT2D eigenvalue weighted by Gasteiger charge is 2.30. The van der Waals surface area contributed by atoms with Gasteiger partial charge in [0.2, 0.25) is 0 Å². The summed E-state index contributed by atoms with van der Waals surface area (Å²) >= 11 is 1.12. The van der Waals surface area contributed by atoms with E-state index in [0.717, 1.165) is 23.5 Å². The van der Waals surface area contributed by atoms with Crippen molar-refractivity contribution in [2.75, 3.05) is 12.4 Å². The van der Waals surface area contributed by atoms with E-state index in [0.29, 0.717) is 11.4 Å². The molecule has 0 aliphatic rings. The van der Waals surface area contributed by atoms with Gasteiger partial charge in [-0.3, -0.25) is 9.51 Å². The SMILES string of the molecule is CCCSP(=O)(OCC)OC(C#N)c1cccc(C)n1. The Hall–Kier alpha value is -0.860. The minimum Gasteiger partial charge on any atom is -0.301 e. The van der Waals surface area contributed by atoms with Gasteiger partial charge >= 0.3 is 6.80 Å². The first-order chi connectivity index (χ1) is 9.54. The molecule has 1 aromatic rings. The Kier molecular flexibility index (Phi) is 7.25. The van der Waals surface area contributed by atoms with Crippen LogP contribution in [0.1, 0.15) is 37.8 Å². The monoisotopic (exact) mass is 314 g/mol. The molecule has 0 N–H and O–H groups in total. The van der Waals surface area contributed by atoms with Gasteiger partial charge in [-0.1, -0.05) is 13.0 Å². The lowest BCUT2D eigenvalue weighted by Crippen LogP contribution is -2.04. The fraction of sp³-hybridized carbons (Fsp3) is 0.538. The second-order valence-electron chi connectivity index (χ2n) is 4.02. The third-order valence-corrected chi connectivity index (χ3v) is 6.29. The van der Waals surface area contributed by atoms with Crippen LogP contribution >= 0.6 is 18.2 Å². The number of aryl methyl sites for hydroxylation is 1. The predicted octanol–water partition coefficient (Wildman–Crippen LogP) is 4.26. The van der Waals surface area contributed by atoms with Crippen LogP contribution in [0.3, 0.4) is 0 Å². The van der Waals surface area contributed by atoms with Crippen molar-refractivity contribution in [3.63, 3.8) is 0 Å². The first-order valence-corrected chi connectivity index (χ1v) is 9.58. The third-order valence-electron chi connectivity index (χ3n) is 2.27. The standard InChI is InChI=1S/C13H19N2O3PS/c1-4-9-20-19(16,17-5-2)18-13(10-14)12-8-6-7-11(3)15-12/h6-8,13H,4-5,9H2,1-3H3. The van der Waals surface area contributed by atoms with Gasteiger partial charge in [0.25, 0.3) is 0 Å². The molecule has 0 saturated heterocycles. The van der Waals surface area contributed by atoms with Crippen LogP contribution in [0.15, 0.2) is 18.2 Å². The molecular formula is C13H19N2O3PS. The topological polar surface area (TPSA) is 72.2 Å². The molecule has 1 heterocycles. The fourth-order valence-corrected chi connectivity index (χ4v) is 4.97. The summed E-state index contributed by atoms with van der Waals surface area (Å²) in [7, 11) is 0. The van der Waals surface area contributed by atoms with Crippen molar-refractivity contribution in [2.24, 2.45) is 0 Å². The van der Waals surface area contributed by atoms with Crippen LogP contribution in [-0.2, 0) is 13.6 Å². The Bertz CT molecular complexity index is 519. The van der Waals surface area contributed by atoms with E-state index in [1.165, 1.54) is 0 Å². The van der Waals surface area contributed by atoms with Crippen molar-refractivity contribution < 1.29 is 13.6 Å². The highest BCUT2D eigenvalue weighted by molar-refractivity contribution is 8.55. The van der Waals surface area contributed by atoms with E-state index in [-0.39, 0.29) is 6.61 Å². The number of hydrogen-bond donors (Lipinski definition) is 0. The van der Waals surface area contributed by atoms with Crippen molar-refractivity contribution in [3.05, 3.63) is 29.6 Å². The Balaban J connectivity index is 2.89. The molecule has 0 aromatic carbocycles. The average molecular weight is 314 g/mol. The Morgan fingerprint density at radius 2 is 2.25 bits per heavy atom. The molecule has 0 amide bonds. The van der Waals surface area contributed by atoms with Crippen molar-refractivity contribution in [2.45, 2.75) is 33.3 Å². The van der Waals surface area contributed by atoms with Crippen LogP contribution in [0.2, 0.25) is 0 Å². The zero-order chi connectivity index (χ0) is 15.0. The summed E-state index contributed by atoms with van der Waals surface area (Å²) in [5.74, 6) is 0.649. The van der Waals surface area contributed by atoms with Gasteiger partial charge in [-0.15, -0.1) is 0 Å². The smallest absolute Gasteiger partial charge is 0.301 e. The lowest BCUT2D eigenvalue weighted by atomic mass is 10.2. The second-order valence-corrected chi connectivity index (χ2v) is 8.16. The first-order valence-electron chi connectivity index (χ1n) is 6.45. The molecule has 110 valence electrons. The van der Waals surface area contributed by atoms with E-state index in [2.05, 4.69) is 4.98 Å². The summed E-state index contributed by atoms with van der Waals surface area (Å²) in [5.41, 5.74) is 1.23. The van der Waals surface area contributed by atoms with Gasteiger partial charge in [-0.2, -0.15) is 5.26 Å². The summed E-state index contributed by atoms with van der Waals surface area (Å²) in [6, 6.07) is 7.28. The number of pyridine rings is 1. The van der Waals surface area contributed by atoms with Crippen LogP contribution in [0, 0.1) is 18.3 Å². The number of rotatable bonds is 8. The summed E-state index contributed by atoms with van der Waals surface area (Å²) in [5, 5.41) is 9.23. The summed E-state index contributed by atoms with van der Waals surface area (Å²) in [6.45, 7) is 2.49. The number of aromatic nitrogens is 1. The molecule has 0 aliphatic carbocycles. The molecule has 7 heteroatoms. The predicted molar refractivity (Wildman–Crippen MR) is 80.4 cm³/mol. The van der Waals surface area contributed by atoms with Crippen LogP contribution < -0.4 is 0 Å². The molecule has 2 atom stereocenters. The molecule has 1 rings (SSSR count). The molecule has 1 aromatic heterocycles. The van der Waals surface area contributed by atoms with Gasteiger partial charge in [0, 0.05) is 11.4 Å². The van der Waals surface area contributed by atoms with Crippen LogP contribution in [0.5, 0.6) is 0 Å². The van der Waals surface area contributed by atoms with E-state index < -0.39 is 12.9 Å². The van der Waals surface area contributed by atoms with Crippen molar-refractivity contribution in [3.8, 4) is 6.07 Å². The maximum Gasteiger partial charge on any atom is 0.390 e. The largest absolute Gasteiger partial charge is 0.390 e. The zero-order valence-electron chi connectivity index (χ0n) is 11.9. The minimum absolute atomic E-state index is 0.271. The quantitative estimate of drug-likeness (QED) is 0.668. The number of hydrogen-bond acceptors (Lipinski definition) is 6. The fourth-order valence-electron chi connectivity index (χ4n) is 1.44. The lowest BCUT2D eigenvalue weighted by molar-refractivity contribution is 0.195. The Morgan fingerprint density at radius 3 is 2.80 bits per heavy atom. The summed E-state index contributed by atoms with van der Waals surface area (Å²) in [4.78, 5) is 4.24. The highest BCUT2D eigenvalue weighted by Crippen LogP contribution is 2.62. The van der Waals surface area contributed by atoms with Gasteiger partial charge in [-0.25, -0.2) is 4.57 Å². The van der Waals surface area contributed by atoms with Gasteiger partial charge in [0.15, 0.2) is 6.10 Å². The average Bonchev–Trinajstić information content (AvgIpc) is 2.43. The van der Waals surface area contributed by atoms with Crippen molar-refractivity contribution in [1.82, 2.24) is 4.98 Å². The molecule has 0 fully saturated rings. The van der Waals surface area contributed by atoms with Crippen LogP contribution in [0.25, 0.3) is 0 Å². The Morgan fingerprint density at radius 1 is 1.50 bits per heavy atom. The van der Waals surface area contributed by atoms with E-state index in [9.17, 15) is 9.83 Å². The van der Waals surface area contributed by atoms with Crippen LogP contribution in [0.4, 0.5) is 0 Å². The molecule has 0 saturated carbocycles. The van der Waals surface area contributed by atoms with E-state index in [1.54, 1.807) is 19.1 Å². The zero-order valence-corrected chi connectivity index (χ0v) is 13.6. The molecule has 2 unspecified atom stereocenters. The normalized spacial score (nSPS) is 15.3. The first kappa shape index (κ1) is 17.2. The molecule has 0 spiro atoms. The lowest BCUT2D eigenvalue weighted by Gasteiger charge is -2.19. The minimum atomic E-state index is -3.33. The molecule has 0 bridgehead atoms. The van der Waals surface area contributed by atoms with Gasteiger partial charge < -0.3 is 4.52 Å². The molecule has 20 heavy (non-hydrogen) atoms. The highest BCUT2D eigenvalue weighted by atomic mass is 32.7. The second kappa shape index (κ2) is 8.43. The third kappa shape index (κ3) is 5.26. The number of nitrogens with zero attached hydrogens (tertiary/aromatic N) is 2. The van der Waals surface area contributed by atoms with Gasteiger partial charge in [0.1, 0.15) is 6.07 Å². The van der Waals surface area contributed by atoms with Crippen molar-refractivity contribution >= 4 is 18.2 Å². The summed E-state index contributed by atoms with van der Waals surface area (Å²) < 4.78 is 23.2. The van der Waals surface area contributed by atoms with Crippen LogP contribution in [-0.4, -0.2) is 17.3 Å². The molecule has 0 aliphatic heterocycles. The van der Waals surface area contributed by atoms with Crippen molar-refractivity contribution in [1.29, 1.82) is 5.26 Å². The Labute approximate surface area is 124 Å².